The molecule has 17 heavy (non-hydrogen) atoms. The van der Waals surface area contributed by atoms with Gasteiger partial charge in [-0.25, -0.2) is 4.79 Å². The van der Waals surface area contributed by atoms with E-state index < -0.39 is 5.97 Å². The smallest absolute Gasteiger partial charge is 0.337 e. The highest BCUT2D eigenvalue weighted by Gasteiger charge is 2.08. The van der Waals surface area contributed by atoms with Crippen LogP contribution in [0.1, 0.15) is 10.4 Å². The standard InChI is InChI=1S/C12H18N2O3/c1-14(2)6-7-17-11-5-4-9(8-10(11)13)12(15)16-3/h4-5,8H,6-7,13H2,1-3H3. The molecule has 1 rings (SSSR count). The van der Waals surface area contributed by atoms with Crippen molar-refractivity contribution in [1.29, 1.82) is 0 Å². The third-order valence-corrected chi connectivity index (χ3v) is 2.23. The van der Waals surface area contributed by atoms with Crippen LogP contribution < -0.4 is 10.5 Å². The van der Waals surface area contributed by atoms with Gasteiger partial charge >= 0.3 is 5.97 Å². The van der Waals surface area contributed by atoms with Gasteiger partial charge in [-0.2, -0.15) is 0 Å². The van der Waals surface area contributed by atoms with Crippen molar-refractivity contribution in [3.63, 3.8) is 0 Å². The summed E-state index contributed by atoms with van der Waals surface area (Å²) in [6, 6.07) is 4.86. The molecule has 0 aliphatic heterocycles. The van der Waals surface area contributed by atoms with E-state index in [-0.39, 0.29) is 0 Å². The maximum Gasteiger partial charge on any atom is 0.337 e. The Hall–Kier alpha value is -1.75. The van der Waals surface area contributed by atoms with Crippen LogP contribution in [0.3, 0.4) is 0 Å². The molecule has 0 aromatic heterocycles. The van der Waals surface area contributed by atoms with Gasteiger partial charge in [0, 0.05) is 6.54 Å². The predicted molar refractivity (Wildman–Crippen MR) is 66.2 cm³/mol. The maximum absolute atomic E-state index is 11.3. The van der Waals surface area contributed by atoms with E-state index in [4.69, 9.17) is 10.5 Å². The van der Waals surface area contributed by atoms with Crippen molar-refractivity contribution in [2.45, 2.75) is 0 Å². The Balaban J connectivity index is 2.66. The van der Waals surface area contributed by atoms with Gasteiger partial charge in [-0.15, -0.1) is 0 Å². The minimum atomic E-state index is -0.406. The van der Waals surface area contributed by atoms with Crippen LogP contribution in [0, 0.1) is 0 Å². The quantitative estimate of drug-likeness (QED) is 0.612. The molecular weight excluding hydrogens is 220 g/mol. The monoisotopic (exact) mass is 238 g/mol. The second kappa shape index (κ2) is 6.10. The molecule has 0 saturated carbocycles. The first-order chi connectivity index (χ1) is 8.04. The minimum absolute atomic E-state index is 0.406. The lowest BCUT2D eigenvalue weighted by Gasteiger charge is -2.12. The van der Waals surface area contributed by atoms with Crippen molar-refractivity contribution in [3.8, 4) is 5.75 Å². The number of carbonyl (C=O) groups excluding carboxylic acids is 1. The van der Waals surface area contributed by atoms with E-state index in [2.05, 4.69) is 4.74 Å². The third-order valence-electron chi connectivity index (χ3n) is 2.23. The van der Waals surface area contributed by atoms with Gasteiger partial charge in [0.2, 0.25) is 0 Å². The third kappa shape index (κ3) is 3.96. The van der Waals surface area contributed by atoms with E-state index in [0.717, 1.165) is 6.54 Å². The van der Waals surface area contributed by atoms with Gasteiger partial charge in [0.1, 0.15) is 12.4 Å². The SMILES string of the molecule is COC(=O)c1ccc(OCCN(C)C)c(N)c1. The molecule has 0 bridgehead atoms. The molecule has 0 fully saturated rings. The summed E-state index contributed by atoms with van der Waals surface area (Å²) >= 11 is 0. The number of nitrogen functional groups attached to an aromatic ring is 1. The van der Waals surface area contributed by atoms with Crippen molar-refractivity contribution in [2.75, 3.05) is 40.1 Å². The second-order valence-corrected chi connectivity index (χ2v) is 3.90. The highest BCUT2D eigenvalue weighted by Crippen LogP contribution is 2.22. The number of anilines is 1. The van der Waals surface area contributed by atoms with Gasteiger partial charge < -0.3 is 20.1 Å². The van der Waals surface area contributed by atoms with E-state index in [1.54, 1.807) is 18.2 Å². The Morgan fingerprint density at radius 3 is 2.65 bits per heavy atom. The maximum atomic E-state index is 11.3. The molecule has 1 aromatic rings. The van der Waals surface area contributed by atoms with Crippen LogP contribution in [0.4, 0.5) is 5.69 Å². The Kier molecular flexibility index (Phi) is 4.78. The Morgan fingerprint density at radius 1 is 1.41 bits per heavy atom. The van der Waals surface area contributed by atoms with Crippen LogP contribution >= 0.6 is 0 Å². The van der Waals surface area contributed by atoms with Gasteiger partial charge in [-0.05, 0) is 32.3 Å². The molecule has 0 amide bonds. The summed E-state index contributed by atoms with van der Waals surface area (Å²) in [4.78, 5) is 13.3. The number of rotatable bonds is 5. The first-order valence-corrected chi connectivity index (χ1v) is 5.30. The van der Waals surface area contributed by atoms with Crippen LogP contribution in [-0.2, 0) is 4.74 Å². The summed E-state index contributed by atoms with van der Waals surface area (Å²) in [7, 11) is 5.26. The van der Waals surface area contributed by atoms with Crippen molar-refractivity contribution < 1.29 is 14.3 Å². The van der Waals surface area contributed by atoms with Crippen LogP contribution in [0.2, 0.25) is 0 Å². The van der Waals surface area contributed by atoms with Gasteiger partial charge in [0.15, 0.2) is 0 Å². The zero-order valence-corrected chi connectivity index (χ0v) is 10.4. The topological polar surface area (TPSA) is 64.8 Å². The molecule has 5 heteroatoms. The lowest BCUT2D eigenvalue weighted by atomic mass is 10.2. The van der Waals surface area contributed by atoms with E-state index >= 15 is 0 Å². The number of methoxy groups -OCH3 is 1. The molecule has 5 nitrogen and oxygen atoms in total. The molecule has 0 unspecified atom stereocenters. The molecule has 0 radical (unpaired) electrons. The first-order valence-electron chi connectivity index (χ1n) is 5.30. The molecule has 0 aliphatic rings. The largest absolute Gasteiger partial charge is 0.490 e. The normalized spacial score (nSPS) is 10.4. The fourth-order valence-corrected chi connectivity index (χ4v) is 1.26. The zero-order valence-electron chi connectivity index (χ0n) is 10.4. The van der Waals surface area contributed by atoms with Crippen molar-refractivity contribution >= 4 is 11.7 Å². The Bertz CT molecular complexity index is 391. The first kappa shape index (κ1) is 13.3. The number of hydrogen-bond donors (Lipinski definition) is 1. The molecular formula is C12H18N2O3. The molecule has 0 spiro atoms. The second-order valence-electron chi connectivity index (χ2n) is 3.90. The van der Waals surface area contributed by atoms with Crippen molar-refractivity contribution in [2.24, 2.45) is 0 Å². The number of nitrogens with zero attached hydrogens (tertiary/aromatic N) is 1. The fourth-order valence-electron chi connectivity index (χ4n) is 1.26. The van der Waals surface area contributed by atoms with Crippen LogP contribution in [0.25, 0.3) is 0 Å². The summed E-state index contributed by atoms with van der Waals surface area (Å²) < 4.78 is 10.1. The number of esters is 1. The Morgan fingerprint density at radius 2 is 2.12 bits per heavy atom. The Labute approximate surface area is 101 Å². The average molecular weight is 238 g/mol. The number of nitrogens with two attached hydrogens (primary N) is 1. The number of carbonyl (C=O) groups is 1. The number of benzene rings is 1. The molecule has 0 heterocycles. The van der Waals surface area contributed by atoms with Crippen LogP contribution in [0.5, 0.6) is 5.75 Å². The summed E-state index contributed by atoms with van der Waals surface area (Å²) in [5, 5.41) is 0. The molecule has 2 N–H and O–H groups in total. The number of hydrogen-bond acceptors (Lipinski definition) is 5. The van der Waals surface area contributed by atoms with E-state index in [1.165, 1.54) is 7.11 Å². The summed E-state index contributed by atoms with van der Waals surface area (Å²) in [5.74, 6) is 0.177. The highest BCUT2D eigenvalue weighted by atomic mass is 16.5. The minimum Gasteiger partial charge on any atom is -0.490 e. The highest BCUT2D eigenvalue weighted by molar-refractivity contribution is 5.90. The molecule has 0 aliphatic carbocycles. The van der Waals surface area contributed by atoms with Crippen molar-refractivity contribution in [1.82, 2.24) is 4.90 Å². The van der Waals surface area contributed by atoms with Gasteiger partial charge in [-0.3, -0.25) is 0 Å². The van der Waals surface area contributed by atoms with E-state index in [0.29, 0.717) is 23.6 Å². The lowest BCUT2D eigenvalue weighted by molar-refractivity contribution is 0.0601. The van der Waals surface area contributed by atoms with Crippen molar-refractivity contribution in [3.05, 3.63) is 23.8 Å². The molecule has 0 atom stereocenters. The lowest BCUT2D eigenvalue weighted by Crippen LogP contribution is -2.19. The van der Waals surface area contributed by atoms with Gasteiger partial charge in [-0.1, -0.05) is 0 Å². The summed E-state index contributed by atoms with van der Waals surface area (Å²) in [6.45, 7) is 1.35. The zero-order chi connectivity index (χ0) is 12.8. The van der Waals surface area contributed by atoms with Crippen LogP contribution in [0.15, 0.2) is 18.2 Å². The molecule has 0 saturated heterocycles. The van der Waals surface area contributed by atoms with E-state index in [9.17, 15) is 4.79 Å². The number of ether oxygens (including phenoxy) is 2. The molecule has 1 aromatic carbocycles. The van der Waals surface area contributed by atoms with Gasteiger partial charge in [0.25, 0.3) is 0 Å². The number of likely N-dealkylation sites (N-methyl/N-ethyl adjacent to an activating group) is 1. The van der Waals surface area contributed by atoms with Crippen LogP contribution in [-0.4, -0.2) is 45.2 Å². The summed E-state index contributed by atoms with van der Waals surface area (Å²) in [6.07, 6.45) is 0. The van der Waals surface area contributed by atoms with Gasteiger partial charge in [0.05, 0.1) is 18.4 Å². The predicted octanol–water partition coefficient (Wildman–Crippen LogP) is 0.996. The molecule has 94 valence electrons. The fraction of sp³-hybridized carbons (Fsp3) is 0.417. The average Bonchev–Trinajstić information content (AvgIpc) is 2.29. The summed E-state index contributed by atoms with van der Waals surface area (Å²) in [5.41, 5.74) is 6.64. The van der Waals surface area contributed by atoms with E-state index in [1.807, 2.05) is 19.0 Å².